The second-order valence-corrected chi connectivity index (χ2v) is 14.0. The fourth-order valence-corrected chi connectivity index (χ4v) is 6.26. The van der Waals surface area contributed by atoms with E-state index in [1.807, 2.05) is 97.1 Å². The van der Waals surface area contributed by atoms with Gasteiger partial charge in [-0.25, -0.2) is 13.6 Å². The lowest BCUT2D eigenvalue weighted by molar-refractivity contribution is -0.301. The van der Waals surface area contributed by atoms with Gasteiger partial charge < -0.3 is 39.4 Å². The minimum Gasteiger partial charge on any atom is -0.459 e. The molecule has 4 aromatic rings. The molecule has 11 nitrogen and oxygen atoms in total. The largest absolute Gasteiger partial charge is 0.459 e. The van der Waals surface area contributed by atoms with Crippen LogP contribution in [0, 0.1) is 0 Å². The van der Waals surface area contributed by atoms with E-state index < -0.39 is 79.2 Å². The number of amides is 2. The molecular formula is C44H50F2N2O9. The Kier molecular flexibility index (Phi) is 16.2. The average molecular weight is 789 g/mol. The number of esters is 1. The Hall–Kier alpha value is -5.05. The van der Waals surface area contributed by atoms with Gasteiger partial charge in [0.1, 0.15) is 49.2 Å². The summed E-state index contributed by atoms with van der Waals surface area (Å²) in [6.45, 7) is 2.91. The van der Waals surface area contributed by atoms with Crippen LogP contribution in [-0.4, -0.2) is 78.0 Å². The van der Waals surface area contributed by atoms with Gasteiger partial charge in [-0.05, 0) is 36.1 Å². The Bertz CT molecular complexity index is 1820. The average Bonchev–Trinajstić information content (AvgIpc) is 3.22. The molecule has 0 radical (unpaired) electrons. The van der Waals surface area contributed by atoms with Crippen LogP contribution < -0.4 is 10.6 Å². The SMILES string of the molecule is C[C@H](NC(=O)CCC(F)(F)[C@H]1O[C@H](COCc2ccccc2)[C@H](OCc2ccccc2)[C@H](OCc2ccccc2)[C@H]1O)C(=O)N[C@@H](C)C(=O)OCc1ccccc1. The Morgan fingerprint density at radius 2 is 1.16 bits per heavy atom. The van der Waals surface area contributed by atoms with Crippen LogP contribution in [0.5, 0.6) is 0 Å². The van der Waals surface area contributed by atoms with Gasteiger partial charge in [-0.3, -0.25) is 9.59 Å². The van der Waals surface area contributed by atoms with E-state index in [-0.39, 0.29) is 33.0 Å². The van der Waals surface area contributed by atoms with Gasteiger partial charge in [0.25, 0.3) is 5.92 Å². The van der Waals surface area contributed by atoms with Gasteiger partial charge in [0.15, 0.2) is 0 Å². The van der Waals surface area contributed by atoms with E-state index in [1.165, 1.54) is 13.8 Å². The highest BCUT2D eigenvalue weighted by molar-refractivity contribution is 5.90. The zero-order valence-electron chi connectivity index (χ0n) is 32.0. The Morgan fingerprint density at radius 1 is 0.684 bits per heavy atom. The number of aliphatic hydroxyl groups is 1. The number of hydrogen-bond donors (Lipinski definition) is 3. The minimum atomic E-state index is -3.74. The summed E-state index contributed by atoms with van der Waals surface area (Å²) in [5.41, 5.74) is 3.20. The van der Waals surface area contributed by atoms with Crippen molar-refractivity contribution in [2.45, 2.75) is 102 Å². The molecule has 0 saturated carbocycles. The van der Waals surface area contributed by atoms with Gasteiger partial charge in [-0.1, -0.05) is 121 Å². The molecule has 304 valence electrons. The van der Waals surface area contributed by atoms with Gasteiger partial charge in [0.05, 0.1) is 26.4 Å². The molecule has 1 heterocycles. The summed E-state index contributed by atoms with van der Waals surface area (Å²) in [5, 5.41) is 16.5. The Labute approximate surface area is 331 Å². The van der Waals surface area contributed by atoms with Gasteiger partial charge >= 0.3 is 5.97 Å². The molecule has 0 spiro atoms. The van der Waals surface area contributed by atoms with Gasteiger partial charge in [0.2, 0.25) is 11.8 Å². The molecule has 2 amide bonds. The molecule has 0 aliphatic carbocycles. The standard InChI is InChI=1S/C44H50F2N2O9/c1-30(42(51)48-31(2)43(52)56-28-35-21-13-6-14-22-35)47-37(49)23-24-44(45,46)41-38(50)40(55-27-34-19-11-5-12-20-34)39(54-26-33-17-9-4-10-18-33)36(57-41)29-53-25-32-15-7-3-8-16-32/h3-22,30-31,36,38-41,50H,23-29H2,1-2H3,(H,47,49)(H,48,51)/t30-,31-,36+,38+,39-,40+,41-/m0/s1. The maximum Gasteiger partial charge on any atom is 0.328 e. The lowest BCUT2D eigenvalue weighted by Crippen LogP contribution is -2.64. The molecule has 3 N–H and O–H groups in total. The van der Waals surface area contributed by atoms with Crippen molar-refractivity contribution in [3.05, 3.63) is 144 Å². The zero-order chi connectivity index (χ0) is 40.6. The van der Waals surface area contributed by atoms with Crippen LogP contribution in [0.15, 0.2) is 121 Å². The minimum absolute atomic E-state index is 0.00459. The van der Waals surface area contributed by atoms with E-state index in [0.29, 0.717) is 0 Å². The van der Waals surface area contributed by atoms with E-state index in [9.17, 15) is 19.5 Å². The molecule has 1 aliphatic rings. The fourth-order valence-electron chi connectivity index (χ4n) is 6.26. The smallest absolute Gasteiger partial charge is 0.328 e. The molecule has 0 aromatic heterocycles. The molecule has 1 aliphatic heterocycles. The topological polar surface area (TPSA) is 142 Å². The number of halogens is 2. The molecule has 5 rings (SSSR count). The summed E-state index contributed by atoms with van der Waals surface area (Å²) in [6, 6.07) is 34.5. The lowest BCUT2D eigenvalue weighted by Gasteiger charge is -2.46. The first kappa shape index (κ1) is 43.1. The van der Waals surface area contributed by atoms with Crippen molar-refractivity contribution in [3.63, 3.8) is 0 Å². The number of ether oxygens (including phenoxy) is 5. The van der Waals surface area contributed by atoms with E-state index in [1.54, 1.807) is 24.3 Å². The van der Waals surface area contributed by atoms with Crippen molar-refractivity contribution < 1.29 is 52.0 Å². The second kappa shape index (κ2) is 21.5. The van der Waals surface area contributed by atoms with Crippen LogP contribution in [0.2, 0.25) is 0 Å². The first-order valence-corrected chi connectivity index (χ1v) is 18.9. The van der Waals surface area contributed by atoms with E-state index >= 15 is 8.78 Å². The van der Waals surface area contributed by atoms with Crippen molar-refractivity contribution in [3.8, 4) is 0 Å². The monoisotopic (exact) mass is 788 g/mol. The van der Waals surface area contributed by atoms with Crippen molar-refractivity contribution >= 4 is 17.8 Å². The first-order valence-electron chi connectivity index (χ1n) is 18.9. The summed E-state index contributed by atoms with van der Waals surface area (Å²) in [6.07, 6.45) is -9.09. The van der Waals surface area contributed by atoms with Crippen LogP contribution >= 0.6 is 0 Å². The number of alkyl halides is 2. The highest BCUT2D eigenvalue weighted by Gasteiger charge is 2.56. The molecule has 7 atom stereocenters. The van der Waals surface area contributed by atoms with Gasteiger partial charge in [-0.2, -0.15) is 0 Å². The molecule has 4 aromatic carbocycles. The van der Waals surface area contributed by atoms with Crippen LogP contribution in [0.3, 0.4) is 0 Å². The van der Waals surface area contributed by atoms with Crippen molar-refractivity contribution in [1.82, 2.24) is 10.6 Å². The quantitative estimate of drug-likeness (QED) is 0.0967. The summed E-state index contributed by atoms with van der Waals surface area (Å²) >= 11 is 0. The van der Waals surface area contributed by atoms with Crippen LogP contribution in [0.1, 0.15) is 48.9 Å². The number of aliphatic hydroxyl groups excluding tert-OH is 1. The third kappa shape index (κ3) is 13.3. The summed E-state index contributed by atoms with van der Waals surface area (Å²) in [4.78, 5) is 38.1. The van der Waals surface area contributed by atoms with Crippen molar-refractivity contribution in [2.24, 2.45) is 0 Å². The number of carbonyl (C=O) groups excluding carboxylic acids is 3. The molecule has 13 heteroatoms. The highest BCUT2D eigenvalue weighted by Crippen LogP contribution is 2.38. The third-order valence-electron chi connectivity index (χ3n) is 9.43. The number of nitrogens with one attached hydrogen (secondary N) is 2. The fraction of sp³-hybridized carbons (Fsp3) is 0.386. The lowest BCUT2D eigenvalue weighted by atomic mass is 9.89. The predicted molar refractivity (Wildman–Crippen MR) is 206 cm³/mol. The molecule has 57 heavy (non-hydrogen) atoms. The Balaban J connectivity index is 1.23. The summed E-state index contributed by atoms with van der Waals surface area (Å²) in [7, 11) is 0. The van der Waals surface area contributed by atoms with E-state index in [4.69, 9.17) is 23.7 Å². The molecule has 0 bridgehead atoms. The molecule has 0 unspecified atom stereocenters. The van der Waals surface area contributed by atoms with Gasteiger partial charge in [-0.15, -0.1) is 0 Å². The number of benzene rings is 4. The van der Waals surface area contributed by atoms with E-state index in [2.05, 4.69) is 10.6 Å². The number of hydrogen-bond acceptors (Lipinski definition) is 9. The third-order valence-corrected chi connectivity index (χ3v) is 9.43. The predicted octanol–water partition coefficient (Wildman–Crippen LogP) is 5.67. The first-order chi connectivity index (χ1) is 27.5. The maximum atomic E-state index is 16.2. The van der Waals surface area contributed by atoms with Crippen LogP contribution in [0.4, 0.5) is 8.78 Å². The van der Waals surface area contributed by atoms with Crippen LogP contribution in [0.25, 0.3) is 0 Å². The van der Waals surface area contributed by atoms with Gasteiger partial charge in [0, 0.05) is 12.8 Å². The molecule has 1 fully saturated rings. The maximum absolute atomic E-state index is 16.2. The summed E-state index contributed by atoms with van der Waals surface area (Å²) < 4.78 is 62.1. The number of rotatable bonds is 20. The highest BCUT2D eigenvalue weighted by atomic mass is 19.3. The Morgan fingerprint density at radius 3 is 1.68 bits per heavy atom. The van der Waals surface area contributed by atoms with E-state index in [0.717, 1.165) is 22.3 Å². The summed E-state index contributed by atoms with van der Waals surface area (Å²) in [5.74, 6) is -5.97. The van der Waals surface area contributed by atoms with Crippen molar-refractivity contribution in [1.29, 1.82) is 0 Å². The molecular weight excluding hydrogens is 738 g/mol. The second-order valence-electron chi connectivity index (χ2n) is 14.0. The van der Waals surface area contributed by atoms with Crippen molar-refractivity contribution in [2.75, 3.05) is 6.61 Å². The normalized spacial score (nSPS) is 20.5. The number of carbonyl (C=O) groups is 3. The molecule has 1 saturated heterocycles. The zero-order valence-corrected chi connectivity index (χ0v) is 32.0. The van der Waals surface area contributed by atoms with Crippen LogP contribution in [-0.2, 0) is 64.5 Å².